The van der Waals surface area contributed by atoms with Gasteiger partial charge in [-0.1, -0.05) is 79.1 Å². The van der Waals surface area contributed by atoms with Gasteiger partial charge in [0, 0.05) is 6.42 Å². The van der Waals surface area contributed by atoms with E-state index in [0.717, 1.165) is 44.5 Å². The van der Waals surface area contributed by atoms with Crippen LogP contribution in [0.15, 0.2) is 11.7 Å². The van der Waals surface area contributed by atoms with E-state index in [4.69, 9.17) is 18.9 Å². The Morgan fingerprint density at radius 2 is 1.11 bits per heavy atom. The minimum atomic E-state index is 0.231. The summed E-state index contributed by atoms with van der Waals surface area (Å²) in [6.07, 6.45) is 14.9. The van der Waals surface area contributed by atoms with Crippen LogP contribution in [0, 0.1) is 0 Å². The van der Waals surface area contributed by atoms with Gasteiger partial charge < -0.3 is 18.9 Å². The van der Waals surface area contributed by atoms with E-state index in [2.05, 4.69) is 27.7 Å². The highest BCUT2D eigenvalue weighted by atomic mass is 16.7. The second kappa shape index (κ2) is 21.4. The predicted molar refractivity (Wildman–Crippen MR) is 114 cm³/mol. The SMILES string of the molecule is CCCCCCOC(CCCCC)=C(OCCCCCC)OCOCCC. The van der Waals surface area contributed by atoms with Crippen LogP contribution in [0.3, 0.4) is 0 Å². The van der Waals surface area contributed by atoms with Gasteiger partial charge in [-0.25, -0.2) is 0 Å². The number of ether oxygens (including phenoxy) is 4. The van der Waals surface area contributed by atoms with Gasteiger partial charge in [-0.3, -0.25) is 0 Å². The molecule has 4 nitrogen and oxygen atoms in total. The predicted octanol–water partition coefficient (Wildman–Crippen LogP) is 7.33. The molecule has 0 aromatic carbocycles. The van der Waals surface area contributed by atoms with Crippen LogP contribution in [0.5, 0.6) is 0 Å². The second-order valence-electron chi connectivity index (χ2n) is 7.16. The van der Waals surface area contributed by atoms with E-state index in [1.807, 2.05) is 0 Å². The molecule has 0 radical (unpaired) electrons. The average Bonchev–Trinajstić information content (AvgIpc) is 2.68. The lowest BCUT2D eigenvalue weighted by Crippen LogP contribution is -2.10. The van der Waals surface area contributed by atoms with Gasteiger partial charge in [-0.15, -0.1) is 0 Å². The molecule has 0 saturated heterocycles. The molecule has 0 fully saturated rings. The van der Waals surface area contributed by atoms with Gasteiger partial charge in [0.15, 0.2) is 12.6 Å². The first kappa shape index (κ1) is 26.1. The van der Waals surface area contributed by atoms with E-state index in [-0.39, 0.29) is 6.79 Å². The highest BCUT2D eigenvalue weighted by molar-refractivity contribution is 4.95. The van der Waals surface area contributed by atoms with Crippen LogP contribution in [0.2, 0.25) is 0 Å². The Bertz CT molecular complexity index is 328. The van der Waals surface area contributed by atoms with Gasteiger partial charge in [0.1, 0.15) is 0 Å². The lowest BCUT2D eigenvalue weighted by atomic mass is 10.2. The van der Waals surface area contributed by atoms with Crippen molar-refractivity contribution < 1.29 is 18.9 Å². The fourth-order valence-corrected chi connectivity index (χ4v) is 2.69. The summed E-state index contributed by atoms with van der Waals surface area (Å²) < 4.78 is 23.4. The highest BCUT2D eigenvalue weighted by Gasteiger charge is 2.13. The van der Waals surface area contributed by atoms with Crippen molar-refractivity contribution in [3.8, 4) is 0 Å². The first-order valence-electron chi connectivity index (χ1n) is 11.5. The highest BCUT2D eigenvalue weighted by Crippen LogP contribution is 2.19. The van der Waals surface area contributed by atoms with E-state index < -0.39 is 0 Å². The molecule has 0 bridgehead atoms. The maximum absolute atomic E-state index is 6.11. The van der Waals surface area contributed by atoms with Crippen LogP contribution >= 0.6 is 0 Å². The van der Waals surface area contributed by atoms with Gasteiger partial charge in [0.2, 0.25) is 0 Å². The van der Waals surface area contributed by atoms with E-state index >= 15 is 0 Å². The fourth-order valence-electron chi connectivity index (χ4n) is 2.69. The summed E-state index contributed by atoms with van der Waals surface area (Å²) in [6.45, 7) is 11.1. The third kappa shape index (κ3) is 17.0. The molecular weight excluding hydrogens is 340 g/mol. The minimum absolute atomic E-state index is 0.231. The molecule has 0 saturated carbocycles. The molecule has 0 N–H and O–H groups in total. The Balaban J connectivity index is 4.72. The number of unbranched alkanes of at least 4 members (excludes halogenated alkanes) is 8. The van der Waals surface area contributed by atoms with E-state index in [1.54, 1.807) is 0 Å². The number of rotatable bonds is 21. The Kier molecular flexibility index (Phi) is 20.7. The van der Waals surface area contributed by atoms with Crippen molar-refractivity contribution in [2.24, 2.45) is 0 Å². The van der Waals surface area contributed by atoms with Crippen molar-refractivity contribution in [1.82, 2.24) is 0 Å². The Morgan fingerprint density at radius 1 is 0.519 bits per heavy atom. The van der Waals surface area contributed by atoms with Crippen molar-refractivity contribution >= 4 is 0 Å². The molecule has 0 spiro atoms. The zero-order valence-electron chi connectivity index (χ0n) is 18.7. The molecule has 162 valence electrons. The maximum Gasteiger partial charge on any atom is 0.321 e. The van der Waals surface area contributed by atoms with Gasteiger partial charge in [0.25, 0.3) is 0 Å². The largest absolute Gasteiger partial charge is 0.491 e. The summed E-state index contributed by atoms with van der Waals surface area (Å²) in [4.78, 5) is 0. The summed E-state index contributed by atoms with van der Waals surface area (Å²) >= 11 is 0. The molecule has 27 heavy (non-hydrogen) atoms. The Hall–Kier alpha value is -0.900. The molecule has 0 atom stereocenters. The number of hydrogen-bond acceptors (Lipinski definition) is 4. The fraction of sp³-hybridized carbons (Fsp3) is 0.913. The Labute approximate surface area is 169 Å². The van der Waals surface area contributed by atoms with Crippen LogP contribution in [0.4, 0.5) is 0 Å². The smallest absolute Gasteiger partial charge is 0.321 e. The molecule has 0 aliphatic heterocycles. The quantitative estimate of drug-likeness (QED) is 0.117. The molecule has 0 unspecified atom stereocenters. The minimum Gasteiger partial charge on any atom is -0.491 e. The second-order valence-corrected chi connectivity index (χ2v) is 7.16. The summed E-state index contributed by atoms with van der Waals surface area (Å²) in [6, 6.07) is 0. The summed E-state index contributed by atoms with van der Waals surface area (Å²) in [7, 11) is 0. The van der Waals surface area contributed by atoms with Crippen molar-refractivity contribution in [3.63, 3.8) is 0 Å². The zero-order valence-corrected chi connectivity index (χ0v) is 18.7. The monoisotopic (exact) mass is 386 g/mol. The normalized spacial score (nSPS) is 12.0. The molecule has 0 heterocycles. The third-order valence-corrected chi connectivity index (χ3v) is 4.36. The van der Waals surface area contributed by atoms with Gasteiger partial charge in [-0.2, -0.15) is 0 Å². The van der Waals surface area contributed by atoms with Crippen LogP contribution in [0.1, 0.15) is 111 Å². The molecule has 0 aliphatic rings. The molecular formula is C23H46O4. The topological polar surface area (TPSA) is 36.9 Å². The molecule has 0 aliphatic carbocycles. The van der Waals surface area contributed by atoms with E-state index in [1.165, 1.54) is 51.4 Å². The van der Waals surface area contributed by atoms with Crippen molar-refractivity contribution in [2.75, 3.05) is 26.6 Å². The summed E-state index contributed by atoms with van der Waals surface area (Å²) in [5, 5.41) is 0. The van der Waals surface area contributed by atoms with E-state index in [9.17, 15) is 0 Å². The third-order valence-electron chi connectivity index (χ3n) is 4.36. The van der Waals surface area contributed by atoms with Crippen LogP contribution in [-0.4, -0.2) is 26.6 Å². The molecule has 4 heteroatoms. The average molecular weight is 387 g/mol. The van der Waals surface area contributed by atoms with Crippen LogP contribution in [-0.2, 0) is 18.9 Å². The summed E-state index contributed by atoms with van der Waals surface area (Å²) in [5.41, 5.74) is 0. The van der Waals surface area contributed by atoms with Gasteiger partial charge in [-0.05, 0) is 25.7 Å². The van der Waals surface area contributed by atoms with Crippen LogP contribution in [0.25, 0.3) is 0 Å². The zero-order chi connectivity index (χ0) is 20.0. The van der Waals surface area contributed by atoms with Crippen molar-refractivity contribution in [1.29, 1.82) is 0 Å². The molecule has 0 rings (SSSR count). The van der Waals surface area contributed by atoms with Crippen molar-refractivity contribution in [3.05, 3.63) is 11.7 Å². The van der Waals surface area contributed by atoms with Crippen molar-refractivity contribution in [2.45, 2.75) is 111 Å². The van der Waals surface area contributed by atoms with E-state index in [0.29, 0.717) is 19.2 Å². The lowest BCUT2D eigenvalue weighted by molar-refractivity contribution is -0.0838. The first-order valence-corrected chi connectivity index (χ1v) is 11.5. The molecule has 0 amide bonds. The summed E-state index contributed by atoms with van der Waals surface area (Å²) in [5.74, 6) is 1.42. The lowest BCUT2D eigenvalue weighted by Gasteiger charge is -2.18. The Morgan fingerprint density at radius 3 is 1.70 bits per heavy atom. The van der Waals surface area contributed by atoms with Gasteiger partial charge >= 0.3 is 5.95 Å². The number of hydrogen-bond donors (Lipinski definition) is 0. The molecule has 0 aromatic heterocycles. The van der Waals surface area contributed by atoms with Gasteiger partial charge in [0.05, 0.1) is 19.8 Å². The van der Waals surface area contributed by atoms with Crippen LogP contribution < -0.4 is 0 Å². The first-order chi connectivity index (χ1) is 13.3. The molecule has 0 aromatic rings. The maximum atomic E-state index is 6.11. The number of allylic oxidation sites excluding steroid dienone is 1. The standard InChI is InChI=1S/C23H46O4/c1-5-9-12-15-19-25-22(17-14-11-7-3)23(27-21-24-18-8-4)26-20-16-13-10-6-2/h5-21H2,1-4H3.